The van der Waals surface area contributed by atoms with Gasteiger partial charge in [-0.1, -0.05) is 0 Å². The molecule has 0 atom stereocenters. The lowest BCUT2D eigenvalue weighted by atomic mass is 10.4. The number of allylic oxidation sites excluding steroid dienone is 1. The third-order valence-corrected chi connectivity index (χ3v) is 2.29. The lowest BCUT2D eigenvalue weighted by molar-refractivity contribution is 0.393. The van der Waals surface area contributed by atoms with Gasteiger partial charge in [0, 0.05) is 13.6 Å². The van der Waals surface area contributed by atoms with Gasteiger partial charge in [0.05, 0.1) is 18.6 Å². The summed E-state index contributed by atoms with van der Waals surface area (Å²) < 4.78 is 0. The molecule has 4 nitrogen and oxygen atoms in total. The third kappa shape index (κ3) is 0.948. The summed E-state index contributed by atoms with van der Waals surface area (Å²) in [6, 6.07) is 0. The smallest absolute Gasteiger partial charge is 0.130 e. The van der Waals surface area contributed by atoms with Crippen LogP contribution in [-0.4, -0.2) is 42.9 Å². The van der Waals surface area contributed by atoms with E-state index in [9.17, 15) is 0 Å². The molecular weight excluding hydrogens is 152 g/mol. The highest BCUT2D eigenvalue weighted by Gasteiger charge is 2.23. The van der Waals surface area contributed by atoms with Gasteiger partial charge in [-0.3, -0.25) is 4.99 Å². The average molecular weight is 166 g/mol. The van der Waals surface area contributed by atoms with Gasteiger partial charge in [-0.15, -0.1) is 0 Å². The van der Waals surface area contributed by atoms with E-state index in [1.54, 1.807) is 0 Å². The molecule has 0 unspecified atom stereocenters. The van der Waals surface area contributed by atoms with Crippen molar-refractivity contribution >= 4 is 6.21 Å². The highest BCUT2D eigenvalue weighted by atomic mass is 15.4. The van der Waals surface area contributed by atoms with Crippen LogP contribution in [-0.2, 0) is 0 Å². The summed E-state index contributed by atoms with van der Waals surface area (Å²) in [5, 5.41) is 3.35. The van der Waals surface area contributed by atoms with Crippen LogP contribution < -0.4 is 5.32 Å². The van der Waals surface area contributed by atoms with Gasteiger partial charge in [-0.2, -0.15) is 0 Å². The minimum absolute atomic E-state index is 0.767. The number of rotatable bonds is 1. The van der Waals surface area contributed by atoms with Crippen molar-refractivity contribution in [2.45, 2.75) is 6.92 Å². The summed E-state index contributed by atoms with van der Waals surface area (Å²) in [5.74, 6) is 1.21. The van der Waals surface area contributed by atoms with Crippen LogP contribution in [0, 0.1) is 0 Å². The Labute approximate surface area is 72.6 Å². The van der Waals surface area contributed by atoms with Crippen LogP contribution in [0.15, 0.2) is 16.5 Å². The number of aliphatic imine (C=N–C) groups is 1. The molecule has 0 aromatic rings. The first kappa shape index (κ1) is 7.46. The molecule has 4 heteroatoms. The molecular formula is C8H14N4. The van der Waals surface area contributed by atoms with E-state index in [4.69, 9.17) is 0 Å². The zero-order chi connectivity index (χ0) is 8.55. The molecule has 12 heavy (non-hydrogen) atoms. The third-order valence-electron chi connectivity index (χ3n) is 2.29. The van der Waals surface area contributed by atoms with E-state index < -0.39 is 0 Å². The zero-order valence-electron chi connectivity index (χ0n) is 7.54. The van der Waals surface area contributed by atoms with E-state index in [1.165, 1.54) is 11.5 Å². The molecule has 66 valence electrons. The second-order valence-electron chi connectivity index (χ2n) is 3.08. The molecule has 2 aliphatic rings. The van der Waals surface area contributed by atoms with Gasteiger partial charge in [0.1, 0.15) is 12.5 Å². The molecule has 0 radical (unpaired) electrons. The topological polar surface area (TPSA) is 30.9 Å². The maximum absolute atomic E-state index is 4.26. The Kier molecular flexibility index (Phi) is 1.67. The van der Waals surface area contributed by atoms with E-state index in [2.05, 4.69) is 34.1 Å². The molecule has 0 amide bonds. The molecule has 0 aromatic heterocycles. The second kappa shape index (κ2) is 2.69. The summed E-state index contributed by atoms with van der Waals surface area (Å²) in [6.07, 6.45) is 1.96. The Morgan fingerprint density at radius 2 is 2.50 bits per heavy atom. The molecule has 0 aromatic carbocycles. The molecule has 0 saturated heterocycles. The van der Waals surface area contributed by atoms with Crippen molar-refractivity contribution in [3.63, 3.8) is 0 Å². The summed E-state index contributed by atoms with van der Waals surface area (Å²) >= 11 is 0. The Hall–Kier alpha value is -1.19. The quantitative estimate of drug-likeness (QED) is 0.595. The first-order valence-corrected chi connectivity index (χ1v) is 4.27. The van der Waals surface area contributed by atoms with E-state index >= 15 is 0 Å². The van der Waals surface area contributed by atoms with E-state index in [0.29, 0.717) is 0 Å². The van der Waals surface area contributed by atoms with Gasteiger partial charge in [0.2, 0.25) is 0 Å². The fourth-order valence-corrected chi connectivity index (χ4v) is 1.57. The van der Waals surface area contributed by atoms with Crippen LogP contribution >= 0.6 is 0 Å². The molecule has 0 aliphatic carbocycles. The van der Waals surface area contributed by atoms with Crippen LogP contribution in [0.3, 0.4) is 0 Å². The highest BCUT2D eigenvalue weighted by Crippen LogP contribution is 2.17. The minimum Gasteiger partial charge on any atom is -0.353 e. The van der Waals surface area contributed by atoms with Gasteiger partial charge in [-0.05, 0) is 6.92 Å². The van der Waals surface area contributed by atoms with Crippen molar-refractivity contribution in [2.24, 2.45) is 4.99 Å². The van der Waals surface area contributed by atoms with Gasteiger partial charge in [-0.25, -0.2) is 0 Å². The molecule has 0 bridgehead atoms. The molecule has 0 saturated carbocycles. The summed E-state index contributed by atoms with van der Waals surface area (Å²) in [7, 11) is 2.05. The van der Waals surface area contributed by atoms with Crippen LogP contribution in [0.4, 0.5) is 0 Å². The predicted molar refractivity (Wildman–Crippen MR) is 48.5 cm³/mol. The highest BCUT2D eigenvalue weighted by molar-refractivity contribution is 5.80. The molecule has 2 rings (SSSR count). The average Bonchev–Trinajstić information content (AvgIpc) is 2.49. The maximum Gasteiger partial charge on any atom is 0.130 e. The SMILES string of the molecule is CCN1CNC2=C1C=NCN2C. The predicted octanol–water partition coefficient (Wildman–Crippen LogP) is 0.0118. The van der Waals surface area contributed by atoms with Crippen LogP contribution in [0.1, 0.15) is 6.92 Å². The fourth-order valence-electron chi connectivity index (χ4n) is 1.57. The molecule has 0 fully saturated rings. The van der Waals surface area contributed by atoms with Crippen molar-refractivity contribution < 1.29 is 0 Å². The lowest BCUT2D eigenvalue weighted by Gasteiger charge is -2.22. The molecule has 0 spiro atoms. The number of nitrogens with one attached hydrogen (secondary N) is 1. The van der Waals surface area contributed by atoms with E-state index in [0.717, 1.165) is 19.9 Å². The Morgan fingerprint density at radius 1 is 1.67 bits per heavy atom. The van der Waals surface area contributed by atoms with Crippen LogP contribution in [0.5, 0.6) is 0 Å². The van der Waals surface area contributed by atoms with Gasteiger partial charge in [0.25, 0.3) is 0 Å². The van der Waals surface area contributed by atoms with E-state index in [-0.39, 0.29) is 0 Å². The molecule has 2 heterocycles. The molecule has 1 N–H and O–H groups in total. The summed E-state index contributed by atoms with van der Waals surface area (Å²) in [4.78, 5) is 8.66. The fraction of sp³-hybridized carbons (Fsp3) is 0.625. The second-order valence-corrected chi connectivity index (χ2v) is 3.08. The standard InChI is InChI=1S/C8H14N4/c1-3-12-6-10-8-7(12)4-9-5-11(8)2/h4,10H,3,5-6H2,1-2H3. The van der Waals surface area contributed by atoms with Gasteiger partial charge in [0.15, 0.2) is 0 Å². The lowest BCUT2D eigenvalue weighted by Crippen LogP contribution is -2.28. The molecule has 2 aliphatic heterocycles. The largest absolute Gasteiger partial charge is 0.353 e. The number of nitrogens with zero attached hydrogens (tertiary/aromatic N) is 3. The van der Waals surface area contributed by atoms with Crippen molar-refractivity contribution in [2.75, 3.05) is 26.9 Å². The van der Waals surface area contributed by atoms with Gasteiger partial charge < -0.3 is 15.1 Å². The first-order valence-electron chi connectivity index (χ1n) is 4.27. The number of hydrogen-bond donors (Lipinski definition) is 1. The normalized spacial score (nSPS) is 21.5. The number of hydrogen-bond acceptors (Lipinski definition) is 4. The summed E-state index contributed by atoms with van der Waals surface area (Å²) in [6.45, 7) is 4.87. The monoisotopic (exact) mass is 166 g/mol. The van der Waals surface area contributed by atoms with Crippen molar-refractivity contribution in [3.05, 3.63) is 11.5 Å². The van der Waals surface area contributed by atoms with E-state index in [1.807, 2.05) is 6.21 Å². The Morgan fingerprint density at radius 3 is 3.25 bits per heavy atom. The Balaban J connectivity index is 2.27. The van der Waals surface area contributed by atoms with Crippen molar-refractivity contribution in [1.82, 2.24) is 15.1 Å². The zero-order valence-corrected chi connectivity index (χ0v) is 7.54. The first-order chi connectivity index (χ1) is 5.83. The van der Waals surface area contributed by atoms with Crippen molar-refractivity contribution in [1.29, 1.82) is 0 Å². The maximum atomic E-state index is 4.26. The minimum atomic E-state index is 0.767. The van der Waals surface area contributed by atoms with Crippen LogP contribution in [0.2, 0.25) is 0 Å². The van der Waals surface area contributed by atoms with Gasteiger partial charge >= 0.3 is 0 Å². The summed E-state index contributed by atoms with van der Waals surface area (Å²) in [5.41, 5.74) is 1.23. The Bertz CT molecular complexity index is 243. The van der Waals surface area contributed by atoms with Crippen LogP contribution in [0.25, 0.3) is 0 Å². The van der Waals surface area contributed by atoms with Crippen molar-refractivity contribution in [3.8, 4) is 0 Å².